The Morgan fingerprint density at radius 3 is 2.73 bits per heavy atom. The Bertz CT molecular complexity index is 664. The van der Waals surface area contributed by atoms with E-state index in [1.165, 1.54) is 11.8 Å². The first-order chi connectivity index (χ1) is 10.3. The molecule has 0 aliphatic carbocycles. The van der Waals surface area contributed by atoms with Crippen LogP contribution < -0.4 is 5.32 Å². The highest BCUT2D eigenvalue weighted by atomic mass is 35.5. The third-order valence-electron chi connectivity index (χ3n) is 3.43. The van der Waals surface area contributed by atoms with Gasteiger partial charge in [0.1, 0.15) is 0 Å². The van der Waals surface area contributed by atoms with Crippen molar-refractivity contribution in [3.8, 4) is 0 Å². The van der Waals surface area contributed by atoms with E-state index in [2.05, 4.69) is 5.32 Å². The highest BCUT2D eigenvalue weighted by Crippen LogP contribution is 2.26. The molecule has 2 rings (SSSR count). The van der Waals surface area contributed by atoms with Gasteiger partial charge in [-0.15, -0.1) is 11.8 Å². The summed E-state index contributed by atoms with van der Waals surface area (Å²) in [5, 5.41) is 3.54. The molecule has 1 saturated heterocycles. The predicted molar refractivity (Wildman–Crippen MR) is 92.4 cm³/mol. The summed E-state index contributed by atoms with van der Waals surface area (Å²) in [7, 11) is -2.98. The molecule has 8 heteroatoms. The number of halogens is 2. The minimum atomic E-state index is -2.98. The molecule has 1 aliphatic rings. The smallest absolute Gasteiger partial charge is 0.233 e. The van der Waals surface area contributed by atoms with Gasteiger partial charge in [0.2, 0.25) is 5.91 Å². The topological polar surface area (TPSA) is 63.2 Å². The van der Waals surface area contributed by atoms with Crippen molar-refractivity contribution >= 4 is 50.7 Å². The minimum Gasteiger partial charge on any atom is -0.351 e. The first-order valence-corrected chi connectivity index (χ1v) is 10.5. The molecule has 1 N–H and O–H groups in total. The summed E-state index contributed by atoms with van der Waals surface area (Å²) in [6.07, 6.45) is 0.498. The molecule has 2 atom stereocenters. The number of carbonyl (C=O) groups excluding carboxylic acids is 1. The molecule has 1 aromatic carbocycles. The Hall–Kier alpha value is -0.430. The average molecular weight is 382 g/mol. The molecule has 0 aromatic heterocycles. The predicted octanol–water partition coefficient (Wildman–Crippen LogP) is 2.92. The van der Waals surface area contributed by atoms with Crippen molar-refractivity contribution in [1.29, 1.82) is 0 Å². The lowest BCUT2D eigenvalue weighted by Crippen LogP contribution is -2.40. The third-order valence-corrected chi connectivity index (χ3v) is 7.15. The zero-order valence-electron chi connectivity index (χ0n) is 12.0. The highest BCUT2D eigenvalue weighted by Gasteiger charge is 2.29. The first kappa shape index (κ1) is 17.9. The lowest BCUT2D eigenvalue weighted by molar-refractivity contribution is -0.120. The van der Waals surface area contributed by atoms with E-state index < -0.39 is 9.84 Å². The van der Waals surface area contributed by atoms with Crippen LogP contribution >= 0.6 is 35.0 Å². The van der Waals surface area contributed by atoms with Gasteiger partial charge < -0.3 is 5.32 Å². The van der Waals surface area contributed by atoms with E-state index in [4.69, 9.17) is 23.2 Å². The molecule has 0 radical (unpaired) electrons. The monoisotopic (exact) mass is 381 g/mol. The number of amides is 1. The molecule has 0 spiro atoms. The molecular weight excluding hydrogens is 365 g/mol. The fourth-order valence-electron chi connectivity index (χ4n) is 2.15. The SMILES string of the molecule is CC(SCc1ccc(Cl)c(Cl)c1)C(=O)NC1CCS(=O)(=O)C1. The number of carbonyl (C=O) groups is 1. The van der Waals surface area contributed by atoms with E-state index in [0.717, 1.165) is 5.56 Å². The number of thioether (sulfide) groups is 1. The Kier molecular flexibility index (Phi) is 6.05. The van der Waals surface area contributed by atoms with Gasteiger partial charge in [0.15, 0.2) is 9.84 Å². The second-order valence-corrected chi connectivity index (χ2v) is 9.68. The fourth-order valence-corrected chi connectivity index (χ4v) is 4.99. The molecule has 122 valence electrons. The summed E-state index contributed by atoms with van der Waals surface area (Å²) in [6, 6.07) is 5.12. The van der Waals surface area contributed by atoms with Crippen molar-refractivity contribution in [1.82, 2.24) is 5.32 Å². The molecule has 2 unspecified atom stereocenters. The standard InChI is InChI=1S/C14H17Cl2NO3S2/c1-9(14(18)17-11-4-5-22(19,20)8-11)21-7-10-2-3-12(15)13(16)6-10/h2-3,6,9,11H,4-5,7-8H2,1H3,(H,17,18). The van der Waals surface area contributed by atoms with Gasteiger partial charge in [-0.1, -0.05) is 29.3 Å². The summed E-state index contributed by atoms with van der Waals surface area (Å²) >= 11 is 13.3. The van der Waals surface area contributed by atoms with Crippen LogP contribution in [0.5, 0.6) is 0 Å². The number of rotatable bonds is 5. The Balaban J connectivity index is 1.82. The maximum atomic E-state index is 12.1. The van der Waals surface area contributed by atoms with E-state index in [1.54, 1.807) is 19.1 Å². The number of benzene rings is 1. The number of hydrogen-bond acceptors (Lipinski definition) is 4. The number of nitrogens with one attached hydrogen (secondary N) is 1. The molecule has 1 fully saturated rings. The van der Waals surface area contributed by atoms with Crippen molar-refractivity contribution in [2.45, 2.75) is 30.4 Å². The maximum Gasteiger partial charge on any atom is 0.233 e. The van der Waals surface area contributed by atoms with Crippen LogP contribution in [0.3, 0.4) is 0 Å². The number of sulfone groups is 1. The van der Waals surface area contributed by atoms with Gasteiger partial charge in [-0.05, 0) is 31.0 Å². The molecule has 0 saturated carbocycles. The van der Waals surface area contributed by atoms with Crippen LogP contribution in [0.25, 0.3) is 0 Å². The van der Waals surface area contributed by atoms with Crippen LogP contribution in [-0.4, -0.2) is 37.1 Å². The minimum absolute atomic E-state index is 0.0446. The van der Waals surface area contributed by atoms with Gasteiger partial charge in [0.25, 0.3) is 0 Å². The van der Waals surface area contributed by atoms with Crippen molar-refractivity contribution in [2.75, 3.05) is 11.5 Å². The van der Waals surface area contributed by atoms with Crippen molar-refractivity contribution in [3.05, 3.63) is 33.8 Å². The second kappa shape index (κ2) is 7.43. The quantitative estimate of drug-likeness (QED) is 0.851. The zero-order chi connectivity index (χ0) is 16.3. The summed E-state index contributed by atoms with van der Waals surface area (Å²) < 4.78 is 22.8. The van der Waals surface area contributed by atoms with Crippen LogP contribution in [0, 0.1) is 0 Å². The molecule has 1 aromatic rings. The molecule has 1 aliphatic heterocycles. The molecule has 0 bridgehead atoms. The molecule has 1 amide bonds. The normalized spacial score (nSPS) is 21.5. The van der Waals surface area contributed by atoms with Crippen molar-refractivity contribution < 1.29 is 13.2 Å². The van der Waals surface area contributed by atoms with Gasteiger partial charge in [-0.2, -0.15) is 0 Å². The molecule has 4 nitrogen and oxygen atoms in total. The van der Waals surface area contributed by atoms with Crippen LogP contribution in [0.2, 0.25) is 10.0 Å². The Morgan fingerprint density at radius 2 is 2.14 bits per heavy atom. The fraction of sp³-hybridized carbons (Fsp3) is 0.500. The first-order valence-electron chi connectivity index (χ1n) is 6.83. The van der Waals surface area contributed by atoms with E-state index in [0.29, 0.717) is 22.2 Å². The summed E-state index contributed by atoms with van der Waals surface area (Å²) in [4.78, 5) is 12.1. The maximum absolute atomic E-state index is 12.1. The van der Waals surface area contributed by atoms with E-state index in [1.807, 2.05) is 6.07 Å². The Labute approximate surface area is 144 Å². The largest absolute Gasteiger partial charge is 0.351 e. The van der Waals surface area contributed by atoms with Crippen LogP contribution in [0.15, 0.2) is 18.2 Å². The lowest BCUT2D eigenvalue weighted by Gasteiger charge is -2.15. The van der Waals surface area contributed by atoms with Gasteiger partial charge in [0.05, 0.1) is 26.8 Å². The molecule has 22 heavy (non-hydrogen) atoms. The second-order valence-electron chi connectivity index (χ2n) is 5.31. The van der Waals surface area contributed by atoms with Gasteiger partial charge in [0, 0.05) is 11.8 Å². The van der Waals surface area contributed by atoms with Crippen LogP contribution in [-0.2, 0) is 20.4 Å². The van der Waals surface area contributed by atoms with Crippen molar-refractivity contribution in [3.63, 3.8) is 0 Å². The molecular formula is C14H17Cl2NO3S2. The van der Waals surface area contributed by atoms with Crippen molar-refractivity contribution in [2.24, 2.45) is 0 Å². The van der Waals surface area contributed by atoms with Crippen LogP contribution in [0.1, 0.15) is 18.9 Å². The van der Waals surface area contributed by atoms with Gasteiger partial charge >= 0.3 is 0 Å². The average Bonchev–Trinajstić information content (AvgIpc) is 2.78. The Morgan fingerprint density at radius 1 is 1.41 bits per heavy atom. The summed E-state index contributed by atoms with van der Waals surface area (Å²) in [5.74, 6) is 0.701. The zero-order valence-corrected chi connectivity index (χ0v) is 15.2. The highest BCUT2D eigenvalue weighted by molar-refractivity contribution is 7.99. The van der Waals surface area contributed by atoms with Crippen LogP contribution in [0.4, 0.5) is 0 Å². The van der Waals surface area contributed by atoms with Gasteiger partial charge in [-0.3, -0.25) is 4.79 Å². The van der Waals surface area contributed by atoms with E-state index in [-0.39, 0.29) is 28.7 Å². The summed E-state index contributed by atoms with van der Waals surface area (Å²) in [6.45, 7) is 1.81. The summed E-state index contributed by atoms with van der Waals surface area (Å²) in [5.41, 5.74) is 0.988. The lowest BCUT2D eigenvalue weighted by atomic mass is 10.2. The van der Waals surface area contributed by atoms with E-state index >= 15 is 0 Å². The molecule has 1 heterocycles. The number of hydrogen-bond donors (Lipinski definition) is 1. The van der Waals surface area contributed by atoms with Gasteiger partial charge in [-0.25, -0.2) is 8.42 Å². The third kappa shape index (κ3) is 5.05. The van der Waals surface area contributed by atoms with E-state index in [9.17, 15) is 13.2 Å².